The Morgan fingerprint density at radius 2 is 1.98 bits per heavy atom. The number of nitrogen functional groups attached to an aromatic ring is 1. The number of carbonyl (C=O) groups is 1. The number of hydrogen-bond acceptors (Lipinski definition) is 11. The van der Waals surface area contributed by atoms with Crippen molar-refractivity contribution in [1.82, 2.24) is 34.5 Å². The minimum absolute atomic E-state index is 0.0324. The molecule has 3 atom stereocenters. The average molecular weight is 779 g/mol. The number of hydrogen-bond donors (Lipinski definition) is 1. The van der Waals surface area contributed by atoms with E-state index in [9.17, 15) is 18.8 Å². The lowest BCUT2D eigenvalue weighted by molar-refractivity contribution is 0.142. The maximum Gasteiger partial charge on any atom is 0.346 e. The summed E-state index contributed by atoms with van der Waals surface area (Å²) in [5, 5.41) is 14.6. The number of nitrogens with zero attached hydrogens (tertiary/aromatic N) is 9. The Morgan fingerprint density at radius 3 is 2.74 bits per heavy atom. The fraction of sp³-hybridized carbons (Fsp3) is 0.459. The first-order chi connectivity index (χ1) is 26.1. The normalized spacial score (nSPS) is 22.7. The molecule has 17 heteroatoms. The molecule has 5 aromatic rings. The van der Waals surface area contributed by atoms with E-state index in [4.69, 9.17) is 22.1 Å². The number of likely N-dealkylation sites (tertiary alicyclic amines) is 1. The number of thiophene rings is 1. The van der Waals surface area contributed by atoms with Gasteiger partial charge in [-0.05, 0) is 75.6 Å². The molecule has 4 aliphatic heterocycles. The summed E-state index contributed by atoms with van der Waals surface area (Å²) in [6, 6.07) is 6.51. The molecule has 2 N–H and O–H groups in total. The maximum absolute atomic E-state index is 16.7. The molecule has 2 aromatic carbocycles. The number of methoxy groups -OCH3 is 1. The van der Waals surface area contributed by atoms with Crippen LogP contribution >= 0.6 is 22.9 Å². The number of carbonyl (C=O) groups excluding carboxylic acids is 1. The van der Waals surface area contributed by atoms with Crippen LogP contribution in [0.5, 0.6) is 6.01 Å². The van der Waals surface area contributed by atoms with Crippen molar-refractivity contribution >= 4 is 60.8 Å². The van der Waals surface area contributed by atoms with Gasteiger partial charge in [0.25, 0.3) is 0 Å². The highest BCUT2D eigenvalue weighted by Gasteiger charge is 2.46. The summed E-state index contributed by atoms with van der Waals surface area (Å²) in [6.07, 6.45) is 9.64. The maximum atomic E-state index is 16.7. The van der Waals surface area contributed by atoms with E-state index in [2.05, 4.69) is 25.0 Å². The Bertz CT molecular complexity index is 2270. The summed E-state index contributed by atoms with van der Waals surface area (Å²) in [5.41, 5.74) is 5.72. The largest absolute Gasteiger partial charge is 0.467 e. The Morgan fingerprint density at radius 1 is 1.15 bits per heavy atom. The molecule has 282 valence electrons. The number of anilines is 2. The summed E-state index contributed by atoms with van der Waals surface area (Å²) in [4.78, 5) is 32.6. The number of aromatic nitrogens is 5. The highest BCUT2D eigenvalue weighted by atomic mass is 35.5. The van der Waals surface area contributed by atoms with E-state index in [0.717, 1.165) is 56.4 Å². The monoisotopic (exact) mass is 778 g/mol. The summed E-state index contributed by atoms with van der Waals surface area (Å²) < 4.78 is 50.9. The molecule has 3 unspecified atom stereocenters. The van der Waals surface area contributed by atoms with Crippen molar-refractivity contribution in [3.8, 4) is 23.2 Å². The van der Waals surface area contributed by atoms with Gasteiger partial charge in [-0.2, -0.15) is 25.0 Å². The van der Waals surface area contributed by atoms with Crippen LogP contribution in [0, 0.1) is 23.0 Å². The second-order valence-electron chi connectivity index (χ2n) is 14.3. The molecule has 54 heavy (non-hydrogen) atoms. The Kier molecular flexibility index (Phi) is 9.74. The minimum Gasteiger partial charge on any atom is -0.467 e. The predicted molar refractivity (Wildman–Crippen MR) is 201 cm³/mol. The Hall–Kier alpha value is -4.72. The molecule has 3 aromatic heterocycles. The number of amides is 1. The first-order valence-corrected chi connectivity index (χ1v) is 19.3. The van der Waals surface area contributed by atoms with Crippen molar-refractivity contribution < 1.29 is 22.7 Å². The van der Waals surface area contributed by atoms with Gasteiger partial charge in [-0.15, -0.1) is 11.3 Å². The van der Waals surface area contributed by atoms with E-state index < -0.39 is 23.3 Å². The number of nitriles is 1. The number of alkyl halides is 1. The fourth-order valence-corrected chi connectivity index (χ4v) is 10.1. The number of rotatable bonds is 3. The van der Waals surface area contributed by atoms with Crippen molar-refractivity contribution in [3.63, 3.8) is 0 Å². The van der Waals surface area contributed by atoms with Crippen molar-refractivity contribution in [2.45, 2.75) is 69.1 Å². The lowest BCUT2D eigenvalue weighted by Crippen LogP contribution is -2.54. The van der Waals surface area contributed by atoms with Gasteiger partial charge in [0, 0.05) is 48.6 Å². The third-order valence-electron chi connectivity index (χ3n) is 11.2. The van der Waals surface area contributed by atoms with Gasteiger partial charge in [0.1, 0.15) is 47.0 Å². The summed E-state index contributed by atoms with van der Waals surface area (Å²) in [7, 11) is 1.40. The van der Waals surface area contributed by atoms with Gasteiger partial charge in [-0.3, -0.25) is 4.90 Å². The highest BCUT2D eigenvalue weighted by Crippen LogP contribution is 2.46. The minimum atomic E-state index is -0.769. The number of benzene rings is 2. The van der Waals surface area contributed by atoms with Gasteiger partial charge >= 0.3 is 12.0 Å². The van der Waals surface area contributed by atoms with Crippen molar-refractivity contribution in [3.05, 3.63) is 53.1 Å². The molecule has 7 heterocycles. The van der Waals surface area contributed by atoms with E-state index in [0.29, 0.717) is 43.4 Å². The van der Waals surface area contributed by atoms with Crippen molar-refractivity contribution in [2.24, 2.45) is 0 Å². The van der Waals surface area contributed by atoms with Crippen LogP contribution in [0.1, 0.15) is 56.9 Å². The van der Waals surface area contributed by atoms with Crippen LogP contribution in [-0.4, -0.2) is 98.1 Å². The molecule has 4 saturated heterocycles. The van der Waals surface area contributed by atoms with Gasteiger partial charge < -0.3 is 20.3 Å². The van der Waals surface area contributed by atoms with Crippen LogP contribution in [0.15, 0.2) is 30.9 Å². The van der Waals surface area contributed by atoms with E-state index >= 15 is 4.39 Å². The summed E-state index contributed by atoms with van der Waals surface area (Å²) in [6.45, 7) is 3.48. The molecule has 12 nitrogen and oxygen atoms in total. The zero-order valence-corrected chi connectivity index (χ0v) is 31.1. The average Bonchev–Trinajstić information content (AvgIpc) is 3.99. The quantitative estimate of drug-likeness (QED) is 0.200. The van der Waals surface area contributed by atoms with E-state index in [1.54, 1.807) is 6.07 Å². The van der Waals surface area contributed by atoms with Crippen LogP contribution < -0.4 is 15.4 Å². The molecule has 9 rings (SSSR count). The van der Waals surface area contributed by atoms with Gasteiger partial charge in [0.2, 0.25) is 0 Å². The lowest BCUT2D eigenvalue weighted by Gasteiger charge is -2.40. The lowest BCUT2D eigenvalue weighted by atomic mass is 9.90. The van der Waals surface area contributed by atoms with Crippen LogP contribution in [-0.2, 0) is 0 Å². The second-order valence-corrected chi connectivity index (χ2v) is 15.8. The molecular weight excluding hydrogens is 741 g/mol. The third kappa shape index (κ3) is 6.25. The zero-order chi connectivity index (χ0) is 37.7. The van der Waals surface area contributed by atoms with E-state index in [1.807, 2.05) is 15.9 Å². The smallest absolute Gasteiger partial charge is 0.346 e. The van der Waals surface area contributed by atoms with Gasteiger partial charge in [-0.1, -0.05) is 17.7 Å². The first-order valence-electron chi connectivity index (χ1n) is 18.1. The number of halogens is 4. The highest BCUT2D eigenvalue weighted by molar-refractivity contribution is 7.23. The third-order valence-corrected chi connectivity index (χ3v) is 12.6. The Balaban J connectivity index is 0.000000399. The number of fused-ring (bicyclic) bond motifs is 3. The number of ether oxygens (including phenoxy) is 1. The van der Waals surface area contributed by atoms with E-state index in [1.165, 1.54) is 49.4 Å². The zero-order valence-electron chi connectivity index (χ0n) is 29.6. The van der Waals surface area contributed by atoms with Crippen LogP contribution in [0.2, 0.25) is 5.02 Å². The fourth-order valence-electron chi connectivity index (χ4n) is 8.82. The molecule has 1 spiro atoms. The topological polar surface area (TPSA) is 142 Å². The molecule has 4 aliphatic rings. The van der Waals surface area contributed by atoms with E-state index in [-0.39, 0.29) is 54.4 Å². The molecule has 0 saturated carbocycles. The predicted octanol–water partition coefficient (Wildman–Crippen LogP) is 7.18. The molecule has 0 bridgehead atoms. The molecule has 0 radical (unpaired) electrons. The molecule has 1 amide bonds. The van der Waals surface area contributed by atoms with Crippen LogP contribution in [0.4, 0.5) is 28.8 Å². The van der Waals surface area contributed by atoms with Crippen LogP contribution in [0.3, 0.4) is 0 Å². The SMILES string of the molecule is COc1nc(N2CCCCC3(CCCN3C(=O)n3cncn3)C2)c2cc(Cl)c(-c3ccc(F)c4sc(N)c(C#N)c34)c(F)c2n1.FC1CC2CCCN2C1. The summed E-state index contributed by atoms with van der Waals surface area (Å²) in [5.74, 6) is -0.921. The molecule has 4 fully saturated rings. The first kappa shape index (κ1) is 36.3. The van der Waals surface area contributed by atoms with Gasteiger partial charge in [0.05, 0.1) is 27.9 Å². The molecular formula is C37H38ClF3N10O2S. The standard InChI is InChI=1S/C30H26ClF2N9O2S.C7H12FN/c1-44-28-38-24-17(11-19(31)22(23(24)33)16-5-6-20(32)25-21(16)18(12-34)26(35)45-25)27(39-28)40-9-3-2-7-30(13-40)8-4-10-41(30)29(43)42-15-36-14-37-42;8-6-4-7-2-1-3-9(7)5-6/h5-6,11,14-15H,2-4,7-10,13,35H2,1H3;6-7H,1-5H2. The van der Waals surface area contributed by atoms with Crippen molar-refractivity contribution in [2.75, 3.05) is 50.5 Å². The van der Waals surface area contributed by atoms with Crippen molar-refractivity contribution in [1.29, 1.82) is 5.26 Å². The second kappa shape index (κ2) is 14.5. The number of nitrogens with two attached hydrogens (primary N) is 1. The summed E-state index contributed by atoms with van der Waals surface area (Å²) >= 11 is 7.75. The van der Waals surface area contributed by atoms with Gasteiger partial charge in [-0.25, -0.2) is 22.9 Å². The van der Waals surface area contributed by atoms with Gasteiger partial charge in [0.15, 0.2) is 5.82 Å². The molecule has 0 aliphatic carbocycles. The van der Waals surface area contributed by atoms with Crippen LogP contribution in [0.25, 0.3) is 32.1 Å². The Labute approximate surface area is 318 Å².